The predicted molar refractivity (Wildman–Crippen MR) is 138 cm³/mol. The van der Waals surface area contributed by atoms with Crippen LogP contribution in [-0.2, 0) is 17.6 Å². The van der Waals surface area contributed by atoms with Crippen LogP contribution in [0.1, 0.15) is 12.1 Å². The number of rotatable bonds is 7. The second-order valence-corrected chi connectivity index (χ2v) is 9.98. The van der Waals surface area contributed by atoms with Crippen molar-refractivity contribution in [3.05, 3.63) is 48.2 Å². The zero-order chi connectivity index (χ0) is 27.4. The van der Waals surface area contributed by atoms with E-state index in [4.69, 9.17) is 4.74 Å². The third-order valence-electron chi connectivity index (χ3n) is 6.32. The summed E-state index contributed by atoms with van der Waals surface area (Å²) in [6.45, 7) is -0.156. The summed E-state index contributed by atoms with van der Waals surface area (Å²) < 4.78 is 83.6. The maximum Gasteiger partial charge on any atom is 0.406 e. The molecule has 1 unspecified atom stereocenters. The van der Waals surface area contributed by atoms with Gasteiger partial charge in [-0.15, -0.1) is 0 Å². The van der Waals surface area contributed by atoms with Crippen molar-refractivity contribution in [2.75, 3.05) is 44.4 Å². The van der Waals surface area contributed by atoms with E-state index in [9.17, 15) is 26.3 Å². The van der Waals surface area contributed by atoms with Gasteiger partial charge in [-0.2, -0.15) is 13.2 Å². The average molecular weight is 552 g/mol. The van der Waals surface area contributed by atoms with E-state index in [1.165, 1.54) is 25.3 Å². The summed E-state index contributed by atoms with van der Waals surface area (Å²) >= 11 is -2.42. The maximum atomic E-state index is 14.6. The van der Waals surface area contributed by atoms with Gasteiger partial charge < -0.3 is 29.4 Å². The summed E-state index contributed by atoms with van der Waals surface area (Å²) in [6, 6.07) is 10.4. The molecule has 12 heteroatoms. The van der Waals surface area contributed by atoms with Crippen molar-refractivity contribution in [3.8, 4) is 17.6 Å². The van der Waals surface area contributed by atoms with Crippen molar-refractivity contribution < 1.29 is 31.1 Å². The van der Waals surface area contributed by atoms with Crippen LogP contribution in [0.5, 0.6) is 5.75 Å². The van der Waals surface area contributed by atoms with E-state index >= 15 is 0 Å². The molecule has 3 aromatic rings. The highest BCUT2D eigenvalue weighted by Gasteiger charge is 2.31. The third-order valence-corrected chi connectivity index (χ3v) is 6.96. The molecule has 0 amide bonds. The lowest BCUT2D eigenvalue weighted by molar-refractivity contribution is -0.140. The third kappa shape index (κ3) is 6.59. The molecule has 204 valence electrons. The number of benzene rings is 2. The minimum absolute atomic E-state index is 0.0545. The van der Waals surface area contributed by atoms with Gasteiger partial charge in [0, 0.05) is 29.1 Å². The molecule has 0 aliphatic carbocycles. The van der Waals surface area contributed by atoms with E-state index < -0.39 is 36.0 Å². The molecule has 3 atom stereocenters. The number of hydrogen-bond donors (Lipinski definition) is 2. The van der Waals surface area contributed by atoms with Gasteiger partial charge in [-0.05, 0) is 66.9 Å². The minimum Gasteiger partial charge on any atom is -0.768 e. The number of nitrogens with zero attached hydrogens (tertiary/aromatic N) is 2. The number of methoxy groups -OCH3 is 1. The number of nitrogens with one attached hydrogen (secondary N) is 2. The number of alkyl halides is 4. The van der Waals surface area contributed by atoms with Crippen molar-refractivity contribution in [1.82, 2.24) is 9.47 Å². The molecule has 1 fully saturated rings. The molecule has 2 aromatic carbocycles. The topological polar surface area (TPSA) is 81.6 Å². The molecule has 1 aliphatic rings. The zero-order valence-electron chi connectivity index (χ0n) is 20.8. The van der Waals surface area contributed by atoms with E-state index in [2.05, 4.69) is 22.5 Å². The largest absolute Gasteiger partial charge is 0.768 e. The highest BCUT2D eigenvalue weighted by atomic mass is 32.2. The van der Waals surface area contributed by atoms with Gasteiger partial charge >= 0.3 is 6.18 Å². The van der Waals surface area contributed by atoms with Crippen molar-refractivity contribution in [2.45, 2.75) is 36.3 Å². The van der Waals surface area contributed by atoms with Gasteiger partial charge in [-0.3, -0.25) is 4.21 Å². The van der Waals surface area contributed by atoms with Gasteiger partial charge in [-0.25, -0.2) is 4.39 Å². The normalized spacial score (nSPS) is 19.0. The predicted octanol–water partition coefficient (Wildman–Crippen LogP) is 4.37. The molecule has 0 spiro atoms. The summed E-state index contributed by atoms with van der Waals surface area (Å²) in [6.07, 6.45) is -5.00. The Morgan fingerprint density at radius 1 is 1.21 bits per heavy atom. The SMILES string of the molecule is COc1cc(S(=O)[O-])ccc1NCC#Cc1cc2c(N[C@H]3CCN(C)C[C@H]3F)cccc2n1CC(F)(F)F. The molecule has 0 bridgehead atoms. The number of likely N-dealkylation sites (tertiary alicyclic amines) is 1. The smallest absolute Gasteiger partial charge is 0.406 e. The van der Waals surface area contributed by atoms with E-state index in [1.54, 1.807) is 24.3 Å². The Morgan fingerprint density at radius 3 is 2.68 bits per heavy atom. The first-order valence-electron chi connectivity index (χ1n) is 11.8. The fourth-order valence-electron chi connectivity index (χ4n) is 4.48. The number of fused-ring (bicyclic) bond motifs is 1. The molecular formula is C26H27F4N4O3S-. The zero-order valence-corrected chi connectivity index (χ0v) is 21.6. The van der Waals surface area contributed by atoms with Gasteiger partial charge in [0.05, 0.1) is 36.6 Å². The van der Waals surface area contributed by atoms with Crippen molar-refractivity contribution >= 4 is 33.4 Å². The van der Waals surface area contributed by atoms with Gasteiger partial charge in [0.25, 0.3) is 0 Å². The lowest BCUT2D eigenvalue weighted by atomic mass is 10.0. The van der Waals surface area contributed by atoms with Crippen LogP contribution in [-0.4, -0.2) is 70.4 Å². The van der Waals surface area contributed by atoms with E-state index in [0.29, 0.717) is 28.7 Å². The van der Waals surface area contributed by atoms with Crippen molar-refractivity contribution in [1.29, 1.82) is 0 Å². The molecule has 0 radical (unpaired) electrons. The van der Waals surface area contributed by atoms with Crippen LogP contribution >= 0.6 is 0 Å². The van der Waals surface area contributed by atoms with Crippen molar-refractivity contribution in [2.24, 2.45) is 0 Å². The Balaban J connectivity index is 1.60. The van der Waals surface area contributed by atoms with Gasteiger partial charge in [0.1, 0.15) is 18.5 Å². The summed E-state index contributed by atoms with van der Waals surface area (Å²) in [4.78, 5) is 1.96. The summed E-state index contributed by atoms with van der Waals surface area (Å²) in [5.74, 6) is 5.92. The molecule has 2 N–H and O–H groups in total. The molecule has 2 heterocycles. The number of halogens is 4. The van der Waals surface area contributed by atoms with Crippen LogP contribution in [0.15, 0.2) is 47.4 Å². The maximum absolute atomic E-state index is 14.6. The first-order chi connectivity index (χ1) is 18.1. The van der Waals surface area contributed by atoms with Crippen LogP contribution in [0, 0.1) is 11.8 Å². The van der Waals surface area contributed by atoms with Crippen LogP contribution < -0.4 is 15.4 Å². The summed E-state index contributed by atoms with van der Waals surface area (Å²) in [7, 11) is 3.24. The average Bonchev–Trinajstić information content (AvgIpc) is 3.20. The highest BCUT2D eigenvalue weighted by molar-refractivity contribution is 7.79. The lowest BCUT2D eigenvalue weighted by Crippen LogP contribution is -2.46. The Morgan fingerprint density at radius 2 is 2.00 bits per heavy atom. The molecule has 0 saturated carbocycles. The van der Waals surface area contributed by atoms with E-state index in [-0.39, 0.29) is 29.4 Å². The van der Waals surface area contributed by atoms with Crippen LogP contribution in [0.4, 0.5) is 28.9 Å². The van der Waals surface area contributed by atoms with Crippen LogP contribution in [0.3, 0.4) is 0 Å². The Labute approximate surface area is 220 Å². The number of hydrogen-bond acceptors (Lipinski definition) is 6. The second kappa shape index (κ2) is 11.6. The summed E-state index contributed by atoms with van der Waals surface area (Å²) in [5.41, 5.74) is 1.55. The standard InChI is InChI=1S/C26H28F4N4O3S/c1-33-12-10-22(20(27)15-33)32-21-6-3-7-24-19(21)13-17(34(24)16-26(28,29)30)5-4-11-31-23-9-8-18(38(35)36)14-25(23)37-2/h3,6-9,13-14,20,22,31-32H,10-12,15-16H2,1-2H3,(H,35,36)/p-1/t20-,22+/m1/s1. The Hall–Kier alpha value is -3.27. The Bertz CT molecular complexity index is 1380. The van der Waals surface area contributed by atoms with Crippen LogP contribution in [0.25, 0.3) is 10.9 Å². The van der Waals surface area contributed by atoms with E-state index in [1.807, 2.05) is 11.9 Å². The highest BCUT2D eigenvalue weighted by Crippen LogP contribution is 2.32. The van der Waals surface area contributed by atoms with Crippen molar-refractivity contribution in [3.63, 3.8) is 0 Å². The van der Waals surface area contributed by atoms with E-state index in [0.717, 1.165) is 11.1 Å². The van der Waals surface area contributed by atoms with Gasteiger partial charge in [-0.1, -0.05) is 12.0 Å². The summed E-state index contributed by atoms with van der Waals surface area (Å²) in [5, 5.41) is 6.71. The molecule has 1 saturated heterocycles. The fourth-order valence-corrected chi connectivity index (χ4v) is 4.86. The molecule has 7 nitrogen and oxygen atoms in total. The first kappa shape index (κ1) is 27.8. The minimum atomic E-state index is -4.47. The molecule has 1 aliphatic heterocycles. The molecule has 4 rings (SSSR count). The fraction of sp³-hybridized carbons (Fsp3) is 0.385. The van der Waals surface area contributed by atoms with Crippen LogP contribution in [0.2, 0.25) is 0 Å². The lowest BCUT2D eigenvalue weighted by Gasteiger charge is -2.33. The van der Waals surface area contributed by atoms with Gasteiger partial charge in [0.2, 0.25) is 0 Å². The number of aromatic nitrogens is 1. The first-order valence-corrected chi connectivity index (χ1v) is 12.9. The monoisotopic (exact) mass is 551 g/mol. The second-order valence-electron chi connectivity index (χ2n) is 9.04. The number of ether oxygens (including phenoxy) is 1. The molecule has 38 heavy (non-hydrogen) atoms. The number of piperidine rings is 1. The Kier molecular flexibility index (Phi) is 8.50. The molecular weight excluding hydrogens is 524 g/mol. The number of anilines is 2. The molecule has 1 aromatic heterocycles. The van der Waals surface area contributed by atoms with Gasteiger partial charge in [0.15, 0.2) is 0 Å². The quantitative estimate of drug-likeness (QED) is 0.258.